The fourth-order valence-electron chi connectivity index (χ4n) is 4.48. The second-order valence-electron chi connectivity index (χ2n) is 8.89. The molecule has 2 aliphatic rings. The lowest BCUT2D eigenvalue weighted by atomic mass is 10.00. The molecule has 2 heterocycles. The fraction of sp³-hybridized carbons (Fsp3) is 0.455. The summed E-state index contributed by atoms with van der Waals surface area (Å²) in [4.78, 5) is 17.2. The summed E-state index contributed by atoms with van der Waals surface area (Å²) in [5.74, 6) is -2.12. The van der Waals surface area contributed by atoms with Crippen LogP contribution in [0.25, 0.3) is 0 Å². The third-order valence-electron chi connectivity index (χ3n) is 6.36. The minimum Gasteiger partial charge on any atom is -0.380 e. The van der Waals surface area contributed by atoms with Crippen LogP contribution in [0.15, 0.2) is 30.5 Å². The number of nitrogens with one attached hydrogen (secondary N) is 1. The van der Waals surface area contributed by atoms with Crippen molar-refractivity contribution in [1.29, 1.82) is 0 Å². The van der Waals surface area contributed by atoms with Gasteiger partial charge in [-0.3, -0.25) is 9.78 Å². The molecule has 7 nitrogen and oxygen atoms in total. The number of halogens is 5. The van der Waals surface area contributed by atoms with E-state index in [1.807, 2.05) is 0 Å². The third-order valence-corrected chi connectivity index (χ3v) is 7.89. The van der Waals surface area contributed by atoms with Crippen molar-refractivity contribution < 1.29 is 30.8 Å². The zero-order valence-corrected chi connectivity index (χ0v) is 20.4. The van der Waals surface area contributed by atoms with Crippen molar-refractivity contribution in [3.8, 4) is 0 Å². The number of hydrogen-bond donors (Lipinski definition) is 1. The number of anilines is 1. The molecule has 2 atom stereocenters. The van der Waals surface area contributed by atoms with E-state index in [9.17, 15) is 30.8 Å². The van der Waals surface area contributed by atoms with Gasteiger partial charge in [0.25, 0.3) is 0 Å². The highest BCUT2D eigenvalue weighted by molar-refractivity contribution is 7.88. The van der Waals surface area contributed by atoms with Crippen LogP contribution in [-0.2, 0) is 27.7 Å². The molecule has 13 heteroatoms. The Morgan fingerprint density at radius 3 is 2.49 bits per heavy atom. The van der Waals surface area contributed by atoms with Crippen molar-refractivity contribution in [3.63, 3.8) is 0 Å². The molecule has 0 bridgehead atoms. The number of aromatic nitrogens is 1. The molecule has 1 unspecified atom stereocenters. The Balaban J connectivity index is 1.45. The lowest BCUT2D eigenvalue weighted by Crippen LogP contribution is -2.56. The molecule has 1 fully saturated rings. The lowest BCUT2D eigenvalue weighted by Gasteiger charge is -2.40. The Morgan fingerprint density at radius 1 is 1.23 bits per heavy atom. The van der Waals surface area contributed by atoms with Crippen molar-refractivity contribution in [1.82, 2.24) is 14.2 Å². The maximum Gasteiger partial charge on any atom is 0.414 e. The van der Waals surface area contributed by atoms with Gasteiger partial charge in [0, 0.05) is 26.2 Å². The number of alkyl halides is 3. The quantitative estimate of drug-likeness (QED) is 0.574. The second-order valence-corrected chi connectivity index (χ2v) is 11.3. The summed E-state index contributed by atoms with van der Waals surface area (Å²) in [6.45, 7) is -0.309. The summed E-state index contributed by atoms with van der Waals surface area (Å²) in [5, 5.41) is 3.19. The molecule has 1 aromatic carbocycles. The van der Waals surface area contributed by atoms with Gasteiger partial charge in [0.2, 0.25) is 15.9 Å². The van der Waals surface area contributed by atoms with Crippen molar-refractivity contribution >= 4 is 33.2 Å². The summed E-state index contributed by atoms with van der Waals surface area (Å²) in [5.41, 5.74) is 1.42. The fourth-order valence-corrected chi connectivity index (χ4v) is 5.56. The first kappa shape index (κ1) is 25.6. The Hall–Kier alpha value is -2.44. The molecule has 1 amide bonds. The first-order valence-corrected chi connectivity index (χ1v) is 12.9. The average molecular weight is 535 g/mol. The number of carbonyl (C=O) groups excluding carboxylic acids is 1. The van der Waals surface area contributed by atoms with Gasteiger partial charge < -0.3 is 10.2 Å². The van der Waals surface area contributed by atoms with E-state index in [0.29, 0.717) is 29.0 Å². The molecular weight excluding hydrogens is 512 g/mol. The van der Waals surface area contributed by atoms with E-state index in [1.165, 1.54) is 24.4 Å². The number of hydrogen-bond acceptors (Lipinski definition) is 5. The Kier molecular flexibility index (Phi) is 6.75. The minimum absolute atomic E-state index is 0.0400. The number of nitrogens with zero attached hydrogens (tertiary/aromatic N) is 3. The SMILES string of the molecule is CN(C(=O)C1CN(S(C)(=O)=O)C1)[C@@H](c1ccc(NC2Cc3ccc(Cl)c(F)c3C2)cn1)C(F)(F)F. The van der Waals surface area contributed by atoms with Crippen LogP contribution in [0.4, 0.5) is 23.2 Å². The van der Waals surface area contributed by atoms with Gasteiger partial charge in [0.15, 0.2) is 6.04 Å². The molecule has 1 saturated heterocycles. The van der Waals surface area contributed by atoms with Gasteiger partial charge in [0.1, 0.15) is 5.82 Å². The monoisotopic (exact) mass is 534 g/mol. The number of benzene rings is 1. The molecule has 190 valence electrons. The standard InChI is InChI=1S/C22H23ClF4N4O3S/c1-30(21(32)13-10-31(11-13)35(2,33)34)20(22(25,26)27)18-6-4-14(9-28-18)29-15-7-12-3-5-17(23)19(24)16(12)8-15/h3-6,9,13,15,20,29H,7-8,10-11H2,1-2H3/t15?,20-/m0/s1. The smallest absolute Gasteiger partial charge is 0.380 e. The molecule has 0 spiro atoms. The van der Waals surface area contributed by atoms with E-state index in [1.54, 1.807) is 6.07 Å². The van der Waals surface area contributed by atoms with E-state index in [2.05, 4.69) is 10.3 Å². The predicted octanol–water partition coefficient (Wildman–Crippen LogP) is 3.41. The third kappa shape index (κ3) is 5.24. The lowest BCUT2D eigenvalue weighted by molar-refractivity contribution is -0.192. The Bertz CT molecular complexity index is 1230. The average Bonchev–Trinajstić information content (AvgIpc) is 3.12. The van der Waals surface area contributed by atoms with Gasteiger partial charge in [-0.05, 0) is 42.2 Å². The first-order chi connectivity index (χ1) is 16.3. The van der Waals surface area contributed by atoms with E-state index >= 15 is 0 Å². The minimum atomic E-state index is -4.80. The maximum absolute atomic E-state index is 14.2. The first-order valence-electron chi connectivity index (χ1n) is 10.7. The van der Waals surface area contributed by atoms with Crippen LogP contribution >= 0.6 is 11.6 Å². The van der Waals surface area contributed by atoms with Crippen molar-refractivity contribution in [2.24, 2.45) is 5.92 Å². The highest BCUT2D eigenvalue weighted by atomic mass is 35.5. The van der Waals surface area contributed by atoms with Gasteiger partial charge in [-0.2, -0.15) is 13.2 Å². The topological polar surface area (TPSA) is 82.6 Å². The van der Waals surface area contributed by atoms with E-state index in [-0.39, 0.29) is 29.8 Å². The molecule has 35 heavy (non-hydrogen) atoms. The summed E-state index contributed by atoms with van der Waals surface area (Å²) in [6.07, 6.45) is -1.67. The molecule has 0 radical (unpaired) electrons. The summed E-state index contributed by atoms with van der Waals surface area (Å²) in [6, 6.07) is 3.40. The Morgan fingerprint density at radius 2 is 1.91 bits per heavy atom. The summed E-state index contributed by atoms with van der Waals surface area (Å²) in [7, 11) is -2.47. The molecule has 1 aromatic heterocycles. The number of amides is 1. The van der Waals surface area contributed by atoms with E-state index in [0.717, 1.165) is 23.2 Å². The largest absolute Gasteiger partial charge is 0.414 e. The number of pyridine rings is 1. The van der Waals surface area contributed by atoms with Gasteiger partial charge >= 0.3 is 6.18 Å². The Labute approximate surface area is 205 Å². The molecule has 4 rings (SSSR count). The number of sulfonamides is 1. The summed E-state index contributed by atoms with van der Waals surface area (Å²) < 4.78 is 80.0. The van der Waals surface area contributed by atoms with Crippen LogP contribution in [0.5, 0.6) is 0 Å². The van der Waals surface area contributed by atoms with Gasteiger partial charge in [-0.15, -0.1) is 0 Å². The highest BCUT2D eigenvalue weighted by Crippen LogP contribution is 2.38. The van der Waals surface area contributed by atoms with Crippen LogP contribution in [0.2, 0.25) is 5.02 Å². The van der Waals surface area contributed by atoms with Gasteiger partial charge in [-0.25, -0.2) is 17.1 Å². The zero-order valence-electron chi connectivity index (χ0n) is 18.8. The van der Waals surface area contributed by atoms with Gasteiger partial charge in [-0.1, -0.05) is 17.7 Å². The van der Waals surface area contributed by atoms with Crippen LogP contribution in [0.1, 0.15) is 22.9 Å². The molecule has 1 aliphatic carbocycles. The second kappa shape index (κ2) is 9.21. The maximum atomic E-state index is 14.2. The number of carbonyl (C=O) groups is 1. The molecule has 1 aliphatic heterocycles. The van der Waals surface area contributed by atoms with Crippen molar-refractivity contribution in [2.45, 2.75) is 31.1 Å². The van der Waals surface area contributed by atoms with Gasteiger partial charge in [0.05, 0.1) is 34.8 Å². The van der Waals surface area contributed by atoms with Crippen LogP contribution in [0.3, 0.4) is 0 Å². The summed E-state index contributed by atoms with van der Waals surface area (Å²) >= 11 is 5.84. The zero-order chi connectivity index (χ0) is 25.7. The molecule has 2 aromatic rings. The highest BCUT2D eigenvalue weighted by Gasteiger charge is 2.49. The molecular formula is C22H23ClF4N4O3S. The van der Waals surface area contributed by atoms with Crippen LogP contribution in [0, 0.1) is 11.7 Å². The predicted molar refractivity (Wildman–Crippen MR) is 122 cm³/mol. The van der Waals surface area contributed by atoms with Crippen molar-refractivity contribution in [3.05, 3.63) is 58.1 Å². The normalized spacial score (nSPS) is 19.7. The van der Waals surface area contributed by atoms with E-state index in [4.69, 9.17) is 11.6 Å². The van der Waals surface area contributed by atoms with Crippen molar-refractivity contribution in [2.75, 3.05) is 31.7 Å². The van der Waals surface area contributed by atoms with E-state index < -0.39 is 39.9 Å². The number of rotatable bonds is 6. The molecule has 1 N–H and O–H groups in total. The van der Waals surface area contributed by atoms with Crippen LogP contribution < -0.4 is 5.32 Å². The van der Waals surface area contributed by atoms with Crippen LogP contribution in [-0.4, -0.2) is 67.1 Å². The molecule has 0 saturated carbocycles. The number of fused-ring (bicyclic) bond motifs is 1.